The predicted octanol–water partition coefficient (Wildman–Crippen LogP) is 2.47. The van der Waals surface area contributed by atoms with Crippen LogP contribution in [0.1, 0.15) is 44.0 Å². The number of likely N-dealkylation sites (tertiary alicyclic amines) is 1. The van der Waals surface area contributed by atoms with Gasteiger partial charge in [0.05, 0.1) is 0 Å². The summed E-state index contributed by atoms with van der Waals surface area (Å²) in [4.78, 5) is 37.4. The van der Waals surface area contributed by atoms with Crippen LogP contribution in [0.2, 0.25) is 0 Å². The topological polar surface area (TPSA) is 66.5 Å². The van der Waals surface area contributed by atoms with E-state index in [1.165, 1.54) is 6.92 Å². The maximum absolute atomic E-state index is 12.4. The molecule has 22 heavy (non-hydrogen) atoms. The molecule has 0 bridgehead atoms. The number of hydrogen-bond donors (Lipinski definition) is 1. The molecule has 1 N–H and O–H groups in total. The van der Waals surface area contributed by atoms with Crippen LogP contribution in [-0.2, 0) is 9.59 Å². The average Bonchev–Trinajstić information content (AvgIpc) is 2.96. The van der Waals surface area contributed by atoms with E-state index in [0.717, 1.165) is 6.42 Å². The van der Waals surface area contributed by atoms with Gasteiger partial charge in [0.15, 0.2) is 5.78 Å². The number of benzene rings is 1. The normalized spacial score (nSPS) is 17.6. The molecule has 1 aliphatic rings. The van der Waals surface area contributed by atoms with Crippen molar-refractivity contribution in [2.75, 3.05) is 11.9 Å². The number of ketones is 1. The maximum atomic E-state index is 12.4. The Morgan fingerprint density at radius 1 is 1.18 bits per heavy atom. The van der Waals surface area contributed by atoms with Gasteiger partial charge in [-0.1, -0.05) is 13.8 Å². The number of carbonyl (C=O) groups is 3. The van der Waals surface area contributed by atoms with Crippen LogP contribution < -0.4 is 5.32 Å². The molecule has 1 aromatic rings. The van der Waals surface area contributed by atoms with Crippen LogP contribution in [0.15, 0.2) is 24.3 Å². The number of hydrogen-bond acceptors (Lipinski definition) is 3. The van der Waals surface area contributed by atoms with Crippen LogP contribution in [0.3, 0.4) is 0 Å². The highest BCUT2D eigenvalue weighted by Gasteiger charge is 2.34. The largest absolute Gasteiger partial charge is 0.330 e. The lowest BCUT2D eigenvalue weighted by molar-refractivity contribution is -0.139. The van der Waals surface area contributed by atoms with Gasteiger partial charge in [0.1, 0.15) is 6.04 Å². The smallest absolute Gasteiger partial charge is 0.247 e. The summed E-state index contributed by atoms with van der Waals surface area (Å²) in [6, 6.07) is 6.38. The number of anilines is 1. The Hall–Kier alpha value is -2.17. The van der Waals surface area contributed by atoms with Gasteiger partial charge in [-0.15, -0.1) is 0 Å². The van der Waals surface area contributed by atoms with Crippen molar-refractivity contribution in [3.8, 4) is 0 Å². The molecule has 1 aliphatic heterocycles. The molecule has 2 rings (SSSR count). The first-order chi connectivity index (χ1) is 10.4. The van der Waals surface area contributed by atoms with Gasteiger partial charge in [-0.2, -0.15) is 0 Å². The second kappa shape index (κ2) is 6.73. The van der Waals surface area contributed by atoms with Crippen molar-refractivity contribution >= 4 is 23.3 Å². The third-order valence-electron chi connectivity index (χ3n) is 3.89. The number of rotatable bonds is 4. The molecular formula is C17H22N2O3. The predicted molar refractivity (Wildman–Crippen MR) is 84.6 cm³/mol. The average molecular weight is 302 g/mol. The van der Waals surface area contributed by atoms with Gasteiger partial charge in [0, 0.05) is 23.7 Å². The molecule has 1 heterocycles. The molecule has 5 heteroatoms. The summed E-state index contributed by atoms with van der Waals surface area (Å²) >= 11 is 0. The molecule has 118 valence electrons. The van der Waals surface area contributed by atoms with Crippen LogP contribution in [0.25, 0.3) is 0 Å². The highest BCUT2D eigenvalue weighted by molar-refractivity contribution is 5.98. The molecule has 0 radical (unpaired) electrons. The summed E-state index contributed by atoms with van der Waals surface area (Å²) in [6.07, 6.45) is 1.54. The minimum absolute atomic E-state index is 0.0117. The molecule has 1 aromatic carbocycles. The van der Waals surface area contributed by atoms with Gasteiger partial charge in [-0.25, -0.2) is 0 Å². The zero-order valence-corrected chi connectivity index (χ0v) is 13.3. The SMILES string of the molecule is CC(=O)c1ccc(NC(=O)C2CCCN2C(=O)C(C)C)cc1. The van der Waals surface area contributed by atoms with Crippen LogP contribution in [0.4, 0.5) is 5.69 Å². The number of Topliss-reactive ketones (excluding diaryl/α,β-unsaturated/α-hetero) is 1. The van der Waals surface area contributed by atoms with Gasteiger partial charge < -0.3 is 10.2 Å². The van der Waals surface area contributed by atoms with Gasteiger partial charge in [0.25, 0.3) is 0 Å². The van der Waals surface area contributed by atoms with E-state index in [9.17, 15) is 14.4 Å². The molecule has 0 spiro atoms. The van der Waals surface area contributed by atoms with Crippen molar-refractivity contribution in [3.05, 3.63) is 29.8 Å². The van der Waals surface area contributed by atoms with E-state index in [2.05, 4.69) is 5.32 Å². The molecule has 1 fully saturated rings. The number of nitrogens with zero attached hydrogens (tertiary/aromatic N) is 1. The quantitative estimate of drug-likeness (QED) is 0.869. The fourth-order valence-electron chi connectivity index (χ4n) is 2.65. The Kier molecular flexibility index (Phi) is 4.96. The van der Waals surface area contributed by atoms with Crippen molar-refractivity contribution < 1.29 is 14.4 Å². The highest BCUT2D eigenvalue weighted by atomic mass is 16.2. The first-order valence-electron chi connectivity index (χ1n) is 7.62. The zero-order chi connectivity index (χ0) is 16.3. The number of amides is 2. The Balaban J connectivity index is 2.05. The standard InChI is InChI=1S/C17H22N2O3/c1-11(2)17(22)19-10-4-5-15(19)16(21)18-14-8-6-13(7-9-14)12(3)20/h6-9,11,15H,4-5,10H2,1-3H3,(H,18,21). The summed E-state index contributed by atoms with van der Waals surface area (Å²) in [6.45, 7) is 5.83. The summed E-state index contributed by atoms with van der Waals surface area (Å²) in [5.74, 6) is -0.266. The molecule has 1 unspecified atom stereocenters. The van der Waals surface area contributed by atoms with Gasteiger partial charge in [0.2, 0.25) is 11.8 Å². The third kappa shape index (κ3) is 3.53. The second-order valence-electron chi connectivity index (χ2n) is 5.97. The van der Waals surface area contributed by atoms with Crippen molar-refractivity contribution in [3.63, 3.8) is 0 Å². The van der Waals surface area contributed by atoms with Crippen molar-refractivity contribution in [1.29, 1.82) is 0 Å². The van der Waals surface area contributed by atoms with Gasteiger partial charge in [-0.3, -0.25) is 14.4 Å². The number of carbonyl (C=O) groups excluding carboxylic acids is 3. The monoisotopic (exact) mass is 302 g/mol. The molecule has 0 aliphatic carbocycles. The van der Waals surface area contributed by atoms with E-state index in [4.69, 9.17) is 0 Å². The van der Waals surface area contributed by atoms with E-state index >= 15 is 0 Å². The molecule has 1 saturated heterocycles. The lowest BCUT2D eigenvalue weighted by Gasteiger charge is -2.25. The molecular weight excluding hydrogens is 280 g/mol. The van der Waals surface area contributed by atoms with E-state index < -0.39 is 6.04 Å². The highest BCUT2D eigenvalue weighted by Crippen LogP contribution is 2.21. The second-order valence-corrected chi connectivity index (χ2v) is 5.97. The van der Waals surface area contributed by atoms with E-state index in [0.29, 0.717) is 24.2 Å². The Bertz CT molecular complexity index is 578. The van der Waals surface area contributed by atoms with E-state index in [1.54, 1.807) is 29.2 Å². The fraction of sp³-hybridized carbons (Fsp3) is 0.471. The Labute approximate surface area is 130 Å². The summed E-state index contributed by atoms with van der Waals surface area (Å²) < 4.78 is 0. The molecule has 0 aromatic heterocycles. The van der Waals surface area contributed by atoms with Crippen LogP contribution in [0, 0.1) is 5.92 Å². The van der Waals surface area contributed by atoms with Crippen molar-refractivity contribution in [2.45, 2.75) is 39.7 Å². The molecule has 1 atom stereocenters. The van der Waals surface area contributed by atoms with Crippen molar-refractivity contribution in [1.82, 2.24) is 4.90 Å². The first kappa shape index (κ1) is 16.2. The number of nitrogens with one attached hydrogen (secondary N) is 1. The van der Waals surface area contributed by atoms with Gasteiger partial charge in [-0.05, 0) is 44.0 Å². The first-order valence-corrected chi connectivity index (χ1v) is 7.62. The van der Waals surface area contributed by atoms with Crippen LogP contribution >= 0.6 is 0 Å². The summed E-state index contributed by atoms with van der Waals surface area (Å²) in [5, 5.41) is 2.83. The van der Waals surface area contributed by atoms with Gasteiger partial charge >= 0.3 is 0 Å². The van der Waals surface area contributed by atoms with Crippen LogP contribution in [0.5, 0.6) is 0 Å². The van der Waals surface area contributed by atoms with E-state index in [1.807, 2.05) is 13.8 Å². The van der Waals surface area contributed by atoms with Crippen molar-refractivity contribution in [2.24, 2.45) is 5.92 Å². The third-order valence-corrected chi connectivity index (χ3v) is 3.89. The van der Waals surface area contributed by atoms with E-state index in [-0.39, 0.29) is 23.5 Å². The minimum Gasteiger partial charge on any atom is -0.330 e. The molecule has 5 nitrogen and oxygen atoms in total. The maximum Gasteiger partial charge on any atom is 0.247 e. The summed E-state index contributed by atoms with van der Waals surface area (Å²) in [5.41, 5.74) is 1.24. The Morgan fingerprint density at radius 3 is 2.36 bits per heavy atom. The molecule has 0 saturated carbocycles. The lowest BCUT2D eigenvalue weighted by atomic mass is 10.1. The minimum atomic E-state index is -0.401. The zero-order valence-electron chi connectivity index (χ0n) is 13.3. The molecule has 2 amide bonds. The van der Waals surface area contributed by atoms with Crippen LogP contribution in [-0.4, -0.2) is 35.1 Å². The summed E-state index contributed by atoms with van der Waals surface area (Å²) in [7, 11) is 0. The Morgan fingerprint density at radius 2 is 1.82 bits per heavy atom. The fourth-order valence-corrected chi connectivity index (χ4v) is 2.65. The lowest BCUT2D eigenvalue weighted by Crippen LogP contribution is -2.44.